The van der Waals surface area contributed by atoms with Gasteiger partial charge >= 0.3 is 0 Å². The van der Waals surface area contributed by atoms with Gasteiger partial charge in [0.1, 0.15) is 0 Å². The van der Waals surface area contributed by atoms with Crippen molar-refractivity contribution in [1.29, 1.82) is 0 Å². The van der Waals surface area contributed by atoms with Crippen LogP contribution in [0.1, 0.15) is 45.1 Å². The van der Waals surface area contributed by atoms with E-state index in [0.717, 1.165) is 43.3 Å². The van der Waals surface area contributed by atoms with Crippen molar-refractivity contribution in [2.45, 2.75) is 51.6 Å². The maximum atomic E-state index is 12.2. The SMILES string of the molecule is COc1cc(/C=C/C(=O)NC2CCN(C3CC3)CC2)ccc1OCC(C)C. The van der Waals surface area contributed by atoms with Crippen LogP contribution in [0.4, 0.5) is 0 Å². The summed E-state index contributed by atoms with van der Waals surface area (Å²) in [6, 6.07) is 6.85. The molecule has 27 heavy (non-hydrogen) atoms. The van der Waals surface area contributed by atoms with E-state index in [1.165, 1.54) is 12.8 Å². The Morgan fingerprint density at radius 1 is 1.22 bits per heavy atom. The number of ether oxygens (including phenoxy) is 2. The molecule has 2 fully saturated rings. The van der Waals surface area contributed by atoms with Crippen LogP contribution in [-0.2, 0) is 4.79 Å². The maximum Gasteiger partial charge on any atom is 0.244 e. The zero-order valence-electron chi connectivity index (χ0n) is 16.7. The van der Waals surface area contributed by atoms with Gasteiger partial charge in [-0.15, -0.1) is 0 Å². The first-order chi connectivity index (χ1) is 13.0. The lowest BCUT2D eigenvalue weighted by molar-refractivity contribution is -0.117. The van der Waals surface area contributed by atoms with Crippen LogP contribution in [0.15, 0.2) is 24.3 Å². The Balaban J connectivity index is 1.49. The lowest BCUT2D eigenvalue weighted by Gasteiger charge is -2.32. The number of methoxy groups -OCH3 is 1. The molecule has 1 saturated heterocycles. The summed E-state index contributed by atoms with van der Waals surface area (Å²) in [6.07, 6.45) is 8.23. The third kappa shape index (κ3) is 5.99. The number of hydrogen-bond donors (Lipinski definition) is 1. The van der Waals surface area contributed by atoms with E-state index in [2.05, 4.69) is 24.1 Å². The van der Waals surface area contributed by atoms with Crippen molar-refractivity contribution in [3.63, 3.8) is 0 Å². The molecule has 1 N–H and O–H groups in total. The monoisotopic (exact) mass is 372 g/mol. The van der Waals surface area contributed by atoms with Gasteiger partial charge in [0.05, 0.1) is 13.7 Å². The smallest absolute Gasteiger partial charge is 0.244 e. The molecule has 1 saturated carbocycles. The standard InChI is InChI=1S/C22H32N2O3/c1-16(2)15-27-20-8-4-17(14-21(20)26-3)5-9-22(25)23-18-10-12-24(13-11-18)19-6-7-19/h4-5,8-9,14,16,18-19H,6-7,10-13,15H2,1-3H3,(H,23,25)/b9-5+. The number of nitrogens with one attached hydrogen (secondary N) is 1. The topological polar surface area (TPSA) is 50.8 Å². The molecule has 0 atom stereocenters. The van der Waals surface area contributed by atoms with E-state index in [-0.39, 0.29) is 5.91 Å². The number of amides is 1. The van der Waals surface area contributed by atoms with Crippen LogP contribution >= 0.6 is 0 Å². The van der Waals surface area contributed by atoms with Crippen molar-refractivity contribution in [1.82, 2.24) is 10.2 Å². The molecule has 5 heteroatoms. The summed E-state index contributed by atoms with van der Waals surface area (Å²) in [5.41, 5.74) is 0.919. The number of nitrogens with zero attached hydrogens (tertiary/aromatic N) is 1. The summed E-state index contributed by atoms with van der Waals surface area (Å²) in [7, 11) is 1.63. The van der Waals surface area contributed by atoms with E-state index in [4.69, 9.17) is 9.47 Å². The lowest BCUT2D eigenvalue weighted by atomic mass is 10.0. The van der Waals surface area contributed by atoms with Crippen LogP contribution in [0.25, 0.3) is 6.08 Å². The Morgan fingerprint density at radius 2 is 1.96 bits per heavy atom. The molecule has 0 radical (unpaired) electrons. The fraction of sp³-hybridized carbons (Fsp3) is 0.591. The van der Waals surface area contributed by atoms with Crippen LogP contribution < -0.4 is 14.8 Å². The number of rotatable bonds is 8. The molecule has 1 aromatic carbocycles. The van der Waals surface area contributed by atoms with Crippen LogP contribution in [0.3, 0.4) is 0 Å². The van der Waals surface area contributed by atoms with E-state index in [1.54, 1.807) is 13.2 Å². The van der Waals surface area contributed by atoms with Gasteiger partial charge in [-0.25, -0.2) is 0 Å². The summed E-state index contributed by atoms with van der Waals surface area (Å²) >= 11 is 0. The minimum Gasteiger partial charge on any atom is -0.493 e. The summed E-state index contributed by atoms with van der Waals surface area (Å²) in [6.45, 7) is 7.08. The molecule has 2 aliphatic rings. The minimum atomic E-state index is -0.0287. The number of benzene rings is 1. The Bertz CT molecular complexity index is 660. The molecule has 0 bridgehead atoms. The fourth-order valence-electron chi connectivity index (χ4n) is 3.43. The number of piperidine rings is 1. The van der Waals surface area contributed by atoms with E-state index < -0.39 is 0 Å². The third-order valence-electron chi connectivity index (χ3n) is 5.13. The lowest BCUT2D eigenvalue weighted by Crippen LogP contribution is -2.44. The third-order valence-corrected chi connectivity index (χ3v) is 5.13. The Morgan fingerprint density at radius 3 is 2.59 bits per heavy atom. The molecule has 148 valence electrons. The van der Waals surface area contributed by atoms with Crippen LogP contribution in [-0.4, -0.2) is 49.7 Å². The molecule has 1 aromatic rings. The largest absolute Gasteiger partial charge is 0.493 e. The van der Waals surface area contributed by atoms with Crippen LogP contribution in [0.2, 0.25) is 0 Å². The molecule has 5 nitrogen and oxygen atoms in total. The summed E-state index contributed by atoms with van der Waals surface area (Å²) in [5, 5.41) is 3.13. The normalized spacial score (nSPS) is 18.8. The minimum absolute atomic E-state index is 0.0287. The quantitative estimate of drug-likeness (QED) is 0.710. The highest BCUT2D eigenvalue weighted by Gasteiger charge is 2.31. The molecule has 1 aliphatic heterocycles. The maximum absolute atomic E-state index is 12.2. The molecule has 3 rings (SSSR count). The van der Waals surface area contributed by atoms with Crippen molar-refractivity contribution >= 4 is 12.0 Å². The molecule has 0 unspecified atom stereocenters. The van der Waals surface area contributed by atoms with E-state index >= 15 is 0 Å². The molecule has 0 aromatic heterocycles. The zero-order chi connectivity index (χ0) is 19.2. The number of carbonyl (C=O) groups is 1. The number of hydrogen-bond acceptors (Lipinski definition) is 4. The fourth-order valence-corrected chi connectivity index (χ4v) is 3.43. The summed E-state index contributed by atoms with van der Waals surface area (Å²) in [4.78, 5) is 14.8. The Kier molecular flexibility index (Phi) is 6.78. The van der Waals surface area contributed by atoms with Gasteiger partial charge in [0.25, 0.3) is 0 Å². The van der Waals surface area contributed by atoms with Crippen molar-refractivity contribution in [3.05, 3.63) is 29.8 Å². The molecule has 0 spiro atoms. The molecule has 1 aliphatic carbocycles. The Labute approximate surface area is 162 Å². The summed E-state index contributed by atoms with van der Waals surface area (Å²) in [5.74, 6) is 1.84. The molecule has 1 amide bonds. The van der Waals surface area contributed by atoms with Gasteiger partial charge in [0, 0.05) is 31.2 Å². The van der Waals surface area contributed by atoms with Gasteiger partial charge in [0.2, 0.25) is 5.91 Å². The van der Waals surface area contributed by atoms with Gasteiger partial charge in [-0.2, -0.15) is 0 Å². The first-order valence-corrected chi connectivity index (χ1v) is 10.1. The van der Waals surface area contributed by atoms with Gasteiger partial charge < -0.3 is 19.7 Å². The highest BCUT2D eigenvalue weighted by molar-refractivity contribution is 5.92. The molecule has 1 heterocycles. The van der Waals surface area contributed by atoms with Gasteiger partial charge in [-0.3, -0.25) is 4.79 Å². The second-order valence-electron chi connectivity index (χ2n) is 8.00. The van der Waals surface area contributed by atoms with Crippen molar-refractivity contribution in [2.24, 2.45) is 5.92 Å². The number of carbonyl (C=O) groups excluding carboxylic acids is 1. The van der Waals surface area contributed by atoms with E-state index in [1.807, 2.05) is 24.3 Å². The van der Waals surface area contributed by atoms with Crippen LogP contribution in [0.5, 0.6) is 11.5 Å². The van der Waals surface area contributed by atoms with Gasteiger partial charge in [-0.1, -0.05) is 19.9 Å². The first kappa shape index (κ1) is 19.7. The van der Waals surface area contributed by atoms with Crippen molar-refractivity contribution < 1.29 is 14.3 Å². The van der Waals surface area contributed by atoms with E-state index in [0.29, 0.717) is 24.3 Å². The van der Waals surface area contributed by atoms with Crippen molar-refractivity contribution in [2.75, 3.05) is 26.8 Å². The molecular formula is C22H32N2O3. The number of likely N-dealkylation sites (tertiary alicyclic amines) is 1. The molecular weight excluding hydrogens is 340 g/mol. The summed E-state index contributed by atoms with van der Waals surface area (Å²) < 4.78 is 11.2. The van der Waals surface area contributed by atoms with Gasteiger partial charge in [-0.05, 0) is 55.4 Å². The van der Waals surface area contributed by atoms with Gasteiger partial charge in [0.15, 0.2) is 11.5 Å². The van der Waals surface area contributed by atoms with E-state index in [9.17, 15) is 4.79 Å². The predicted octanol–water partition coefficient (Wildman–Crippen LogP) is 3.49. The Hall–Kier alpha value is -2.01. The van der Waals surface area contributed by atoms with Crippen molar-refractivity contribution in [3.8, 4) is 11.5 Å². The highest BCUT2D eigenvalue weighted by Crippen LogP contribution is 2.30. The predicted molar refractivity (Wildman–Crippen MR) is 108 cm³/mol. The highest BCUT2D eigenvalue weighted by atomic mass is 16.5. The second-order valence-corrected chi connectivity index (χ2v) is 8.00. The average Bonchev–Trinajstić information content (AvgIpc) is 3.50. The van der Waals surface area contributed by atoms with Crippen LogP contribution in [0, 0.1) is 5.92 Å². The second kappa shape index (κ2) is 9.27. The average molecular weight is 373 g/mol. The zero-order valence-corrected chi connectivity index (χ0v) is 16.7. The first-order valence-electron chi connectivity index (χ1n) is 10.1.